The molecular weight excluding hydrogens is 232 g/mol. The molecule has 0 atom stereocenters. The number of nitrogens with zero attached hydrogens (tertiary/aromatic N) is 4. The second kappa shape index (κ2) is 5.97. The second-order valence-corrected chi connectivity index (χ2v) is 4.65. The Morgan fingerprint density at radius 2 is 2.00 bits per heavy atom. The van der Waals surface area contributed by atoms with Crippen molar-refractivity contribution in [2.24, 2.45) is 0 Å². The first kappa shape index (κ1) is 13.0. The van der Waals surface area contributed by atoms with Gasteiger partial charge >= 0.3 is 5.97 Å². The number of aromatic nitrogens is 2. The lowest BCUT2D eigenvalue weighted by atomic mass is 10.2. The zero-order valence-electron chi connectivity index (χ0n) is 10.7. The summed E-state index contributed by atoms with van der Waals surface area (Å²) in [7, 11) is 0. The van der Waals surface area contributed by atoms with Gasteiger partial charge in [-0.05, 0) is 6.92 Å². The Kier molecular flexibility index (Phi) is 4.33. The molecule has 0 bridgehead atoms. The molecule has 0 unspecified atom stereocenters. The predicted octanol–water partition coefficient (Wildman–Crippen LogP) is 0.105. The first-order valence-corrected chi connectivity index (χ1v) is 6.35. The van der Waals surface area contributed by atoms with Crippen molar-refractivity contribution in [1.82, 2.24) is 19.6 Å². The van der Waals surface area contributed by atoms with Crippen molar-refractivity contribution in [3.63, 3.8) is 0 Å². The molecule has 0 aliphatic carbocycles. The Balaban J connectivity index is 1.78. The van der Waals surface area contributed by atoms with E-state index in [1.807, 2.05) is 15.8 Å². The number of carboxylic acid groups (broad SMARTS) is 1. The van der Waals surface area contributed by atoms with Crippen LogP contribution in [0.3, 0.4) is 0 Å². The molecule has 0 aromatic carbocycles. The maximum atomic E-state index is 10.6. The molecule has 6 nitrogen and oxygen atoms in total. The Labute approximate surface area is 107 Å². The van der Waals surface area contributed by atoms with Gasteiger partial charge in [-0.1, -0.05) is 0 Å². The van der Waals surface area contributed by atoms with Gasteiger partial charge in [-0.15, -0.1) is 0 Å². The summed E-state index contributed by atoms with van der Waals surface area (Å²) in [5.41, 5.74) is 1.23. The van der Waals surface area contributed by atoms with E-state index in [0.717, 1.165) is 39.3 Å². The number of carbonyl (C=O) groups is 1. The molecule has 0 saturated carbocycles. The van der Waals surface area contributed by atoms with Crippen molar-refractivity contribution in [1.29, 1.82) is 0 Å². The Hall–Kier alpha value is -1.40. The first-order chi connectivity index (χ1) is 8.67. The lowest BCUT2D eigenvalue weighted by Gasteiger charge is -2.33. The van der Waals surface area contributed by atoms with Gasteiger partial charge < -0.3 is 5.11 Å². The molecule has 1 aromatic rings. The molecule has 1 aromatic heterocycles. The second-order valence-electron chi connectivity index (χ2n) is 4.65. The summed E-state index contributed by atoms with van der Waals surface area (Å²) in [6.45, 7) is 7.52. The topological polar surface area (TPSA) is 61.6 Å². The number of piperazine rings is 1. The minimum Gasteiger partial charge on any atom is -0.480 e. The fourth-order valence-corrected chi connectivity index (χ4v) is 2.22. The van der Waals surface area contributed by atoms with E-state index < -0.39 is 5.97 Å². The number of hydrogen-bond acceptors (Lipinski definition) is 4. The Morgan fingerprint density at radius 1 is 1.33 bits per heavy atom. The molecule has 0 spiro atoms. The first-order valence-electron chi connectivity index (χ1n) is 6.35. The highest BCUT2D eigenvalue weighted by Crippen LogP contribution is 2.07. The van der Waals surface area contributed by atoms with Gasteiger partial charge in [0.15, 0.2) is 0 Å². The molecule has 100 valence electrons. The predicted molar refractivity (Wildman–Crippen MR) is 67.3 cm³/mol. The summed E-state index contributed by atoms with van der Waals surface area (Å²) in [5, 5.41) is 13.0. The summed E-state index contributed by atoms with van der Waals surface area (Å²) in [6.07, 6.45) is 3.98. The maximum absolute atomic E-state index is 10.6. The van der Waals surface area contributed by atoms with Crippen LogP contribution in [0.2, 0.25) is 0 Å². The van der Waals surface area contributed by atoms with Crippen LogP contribution in [0.1, 0.15) is 12.5 Å². The number of aliphatic carboxylic acids is 1. The third-order valence-electron chi connectivity index (χ3n) is 3.24. The molecule has 1 aliphatic rings. The van der Waals surface area contributed by atoms with Crippen molar-refractivity contribution in [2.45, 2.75) is 20.0 Å². The average Bonchev–Trinajstić information content (AvgIpc) is 2.79. The molecule has 0 amide bonds. The maximum Gasteiger partial charge on any atom is 0.317 e. The van der Waals surface area contributed by atoms with Crippen LogP contribution in [0.4, 0.5) is 0 Å². The normalized spacial score (nSPS) is 18.1. The number of aryl methyl sites for hydroxylation is 1. The molecule has 18 heavy (non-hydrogen) atoms. The van der Waals surface area contributed by atoms with Crippen LogP contribution in [0, 0.1) is 0 Å². The molecule has 2 heterocycles. The number of hydrogen-bond donors (Lipinski definition) is 1. The number of carboxylic acids is 1. The largest absolute Gasteiger partial charge is 0.480 e. The van der Waals surface area contributed by atoms with Crippen molar-refractivity contribution >= 4 is 5.97 Å². The standard InChI is InChI=1S/C12H20N4O2/c1-2-16-9-11(7-13-16)8-14-3-5-15(6-4-14)10-12(17)18/h7,9H,2-6,8,10H2,1H3,(H,17,18). The molecule has 1 N–H and O–H groups in total. The summed E-state index contributed by atoms with van der Waals surface area (Å²) in [6, 6.07) is 0. The third kappa shape index (κ3) is 3.54. The summed E-state index contributed by atoms with van der Waals surface area (Å²) in [4.78, 5) is 14.9. The highest BCUT2D eigenvalue weighted by Gasteiger charge is 2.18. The van der Waals surface area contributed by atoms with E-state index in [0.29, 0.717) is 0 Å². The molecule has 1 fully saturated rings. The number of rotatable bonds is 5. The Morgan fingerprint density at radius 3 is 2.56 bits per heavy atom. The zero-order valence-corrected chi connectivity index (χ0v) is 10.7. The highest BCUT2D eigenvalue weighted by molar-refractivity contribution is 5.69. The van der Waals surface area contributed by atoms with Gasteiger partial charge in [-0.2, -0.15) is 5.10 Å². The van der Waals surface area contributed by atoms with Crippen molar-refractivity contribution in [2.75, 3.05) is 32.7 Å². The van der Waals surface area contributed by atoms with Gasteiger partial charge in [-0.25, -0.2) is 0 Å². The molecule has 6 heteroatoms. The fraction of sp³-hybridized carbons (Fsp3) is 0.667. The van der Waals surface area contributed by atoms with Gasteiger partial charge in [0.05, 0.1) is 12.7 Å². The van der Waals surface area contributed by atoms with Crippen LogP contribution in [-0.4, -0.2) is 63.4 Å². The van der Waals surface area contributed by atoms with E-state index in [-0.39, 0.29) is 6.54 Å². The van der Waals surface area contributed by atoms with E-state index in [1.165, 1.54) is 5.56 Å². The minimum absolute atomic E-state index is 0.154. The van der Waals surface area contributed by atoms with Crippen LogP contribution in [0.15, 0.2) is 12.4 Å². The monoisotopic (exact) mass is 252 g/mol. The van der Waals surface area contributed by atoms with E-state index in [1.54, 1.807) is 0 Å². The zero-order chi connectivity index (χ0) is 13.0. The lowest BCUT2D eigenvalue weighted by Crippen LogP contribution is -2.47. The van der Waals surface area contributed by atoms with Gasteiger partial charge in [0.25, 0.3) is 0 Å². The minimum atomic E-state index is -0.743. The van der Waals surface area contributed by atoms with Crippen LogP contribution in [0.5, 0.6) is 0 Å². The van der Waals surface area contributed by atoms with Crippen LogP contribution in [-0.2, 0) is 17.9 Å². The van der Waals surface area contributed by atoms with E-state index >= 15 is 0 Å². The molecule has 1 saturated heterocycles. The van der Waals surface area contributed by atoms with Crippen molar-refractivity contribution in [3.05, 3.63) is 18.0 Å². The highest BCUT2D eigenvalue weighted by atomic mass is 16.4. The summed E-state index contributed by atoms with van der Waals surface area (Å²) < 4.78 is 1.93. The average molecular weight is 252 g/mol. The lowest BCUT2D eigenvalue weighted by molar-refractivity contribution is -0.138. The smallest absolute Gasteiger partial charge is 0.317 e. The molecular formula is C12H20N4O2. The Bertz CT molecular complexity index is 397. The summed E-state index contributed by atoms with van der Waals surface area (Å²) >= 11 is 0. The summed E-state index contributed by atoms with van der Waals surface area (Å²) in [5.74, 6) is -0.743. The van der Waals surface area contributed by atoms with Crippen LogP contribution in [0.25, 0.3) is 0 Å². The molecule has 0 radical (unpaired) electrons. The van der Waals surface area contributed by atoms with Gasteiger partial charge in [0, 0.05) is 51.0 Å². The van der Waals surface area contributed by atoms with Crippen LogP contribution >= 0.6 is 0 Å². The quantitative estimate of drug-likeness (QED) is 0.805. The SMILES string of the molecule is CCn1cc(CN2CCN(CC(=O)O)CC2)cn1. The van der Waals surface area contributed by atoms with E-state index in [4.69, 9.17) is 5.11 Å². The van der Waals surface area contributed by atoms with E-state index in [9.17, 15) is 4.79 Å². The molecule has 1 aliphatic heterocycles. The third-order valence-corrected chi connectivity index (χ3v) is 3.24. The van der Waals surface area contributed by atoms with Gasteiger partial charge in [0.2, 0.25) is 0 Å². The van der Waals surface area contributed by atoms with Gasteiger partial charge in [-0.3, -0.25) is 19.3 Å². The van der Waals surface area contributed by atoms with Crippen LogP contribution < -0.4 is 0 Å². The molecule has 2 rings (SSSR count). The van der Waals surface area contributed by atoms with Gasteiger partial charge in [0.1, 0.15) is 0 Å². The fourth-order valence-electron chi connectivity index (χ4n) is 2.22. The van der Waals surface area contributed by atoms with Crippen molar-refractivity contribution in [3.8, 4) is 0 Å². The van der Waals surface area contributed by atoms with Crippen molar-refractivity contribution < 1.29 is 9.90 Å². The van der Waals surface area contributed by atoms with E-state index in [2.05, 4.69) is 23.1 Å².